The predicted molar refractivity (Wildman–Crippen MR) is 109 cm³/mol. The van der Waals surface area contributed by atoms with Crippen LogP contribution in [-0.4, -0.2) is 61.6 Å². The highest BCUT2D eigenvalue weighted by Gasteiger charge is 2.20. The Morgan fingerprint density at radius 3 is 2.26 bits per heavy atom. The van der Waals surface area contributed by atoms with E-state index in [0.717, 1.165) is 25.3 Å². The van der Waals surface area contributed by atoms with Gasteiger partial charge in [-0.25, -0.2) is 9.59 Å². The number of carbonyl (C=O) groups is 3. The molecule has 0 aromatic heterocycles. The number of rotatable bonds is 9. The van der Waals surface area contributed by atoms with Gasteiger partial charge in [0.15, 0.2) is 6.61 Å². The number of non-ortho nitro benzene ring substituents is 1. The molecule has 0 aliphatic carbocycles. The van der Waals surface area contributed by atoms with E-state index < -0.39 is 35.1 Å². The molecular formula is C20H19ClN2O8. The highest BCUT2D eigenvalue weighted by molar-refractivity contribution is 6.30. The summed E-state index contributed by atoms with van der Waals surface area (Å²) in [6.45, 7) is -0.167. The molecular weight excluding hydrogens is 432 g/mol. The molecule has 0 radical (unpaired) electrons. The third-order valence-electron chi connectivity index (χ3n) is 4.05. The second-order valence-electron chi connectivity index (χ2n) is 6.21. The zero-order valence-corrected chi connectivity index (χ0v) is 17.5. The molecule has 164 valence electrons. The van der Waals surface area contributed by atoms with Crippen LogP contribution in [0, 0.1) is 10.1 Å². The summed E-state index contributed by atoms with van der Waals surface area (Å²) in [5, 5.41) is 11.6. The maximum absolute atomic E-state index is 12.2. The van der Waals surface area contributed by atoms with Gasteiger partial charge in [-0.15, -0.1) is 0 Å². The van der Waals surface area contributed by atoms with Crippen LogP contribution in [-0.2, 0) is 14.3 Å². The second-order valence-corrected chi connectivity index (χ2v) is 6.65. The van der Waals surface area contributed by atoms with E-state index in [0.29, 0.717) is 10.8 Å². The van der Waals surface area contributed by atoms with Crippen molar-refractivity contribution in [3.05, 3.63) is 68.7 Å². The Labute approximate surface area is 182 Å². The number of nitro benzene ring substituents is 1. The van der Waals surface area contributed by atoms with Crippen LogP contribution in [0.3, 0.4) is 0 Å². The molecule has 0 saturated heterocycles. The molecule has 0 spiro atoms. The Hall–Kier alpha value is -3.66. The summed E-state index contributed by atoms with van der Waals surface area (Å²) in [5.74, 6) is -1.77. The normalized spacial score (nSPS) is 10.2. The molecule has 0 N–H and O–H groups in total. The van der Waals surface area contributed by atoms with Crippen LogP contribution >= 0.6 is 11.6 Å². The number of amides is 1. The summed E-state index contributed by atoms with van der Waals surface area (Å²) in [4.78, 5) is 47.6. The summed E-state index contributed by atoms with van der Waals surface area (Å²) in [7, 11) is 2.61. The van der Waals surface area contributed by atoms with Crippen molar-refractivity contribution >= 4 is 35.1 Å². The average molecular weight is 451 g/mol. The van der Waals surface area contributed by atoms with E-state index in [9.17, 15) is 24.5 Å². The molecule has 2 rings (SSSR count). The van der Waals surface area contributed by atoms with E-state index in [1.54, 1.807) is 24.3 Å². The number of halogens is 1. The molecule has 2 aromatic carbocycles. The smallest absolute Gasteiger partial charge is 0.338 e. The molecule has 31 heavy (non-hydrogen) atoms. The van der Waals surface area contributed by atoms with Gasteiger partial charge in [-0.05, 0) is 30.3 Å². The van der Waals surface area contributed by atoms with E-state index in [1.807, 2.05) is 0 Å². The lowest BCUT2D eigenvalue weighted by Gasteiger charge is -2.17. The Balaban J connectivity index is 1.91. The van der Waals surface area contributed by atoms with Crippen LogP contribution in [0.5, 0.6) is 5.75 Å². The molecule has 0 bridgehead atoms. The van der Waals surface area contributed by atoms with Crippen molar-refractivity contribution in [2.75, 3.05) is 33.9 Å². The molecule has 0 heterocycles. The number of ether oxygens (including phenoxy) is 3. The van der Waals surface area contributed by atoms with Gasteiger partial charge in [-0.3, -0.25) is 14.9 Å². The van der Waals surface area contributed by atoms with Crippen LogP contribution in [0.15, 0.2) is 42.5 Å². The van der Waals surface area contributed by atoms with Crippen molar-refractivity contribution < 1.29 is 33.5 Å². The molecule has 1 amide bonds. The molecule has 11 heteroatoms. The minimum absolute atomic E-state index is 0.188. The van der Waals surface area contributed by atoms with E-state index in [4.69, 9.17) is 21.1 Å². The highest BCUT2D eigenvalue weighted by Crippen LogP contribution is 2.19. The van der Waals surface area contributed by atoms with Crippen molar-refractivity contribution in [2.24, 2.45) is 0 Å². The van der Waals surface area contributed by atoms with E-state index >= 15 is 0 Å². The first kappa shape index (κ1) is 23.6. The number of hydrogen-bond donors (Lipinski definition) is 0. The summed E-state index contributed by atoms with van der Waals surface area (Å²) in [5.41, 5.74) is -0.930. The number of nitrogens with zero attached hydrogens (tertiary/aromatic N) is 2. The first-order valence-electron chi connectivity index (χ1n) is 8.88. The van der Waals surface area contributed by atoms with Crippen molar-refractivity contribution in [2.45, 2.75) is 0 Å². The lowest BCUT2D eigenvalue weighted by atomic mass is 10.1. The molecule has 0 atom stereocenters. The number of methoxy groups -OCH3 is 1. The Bertz CT molecular complexity index is 978. The highest BCUT2D eigenvalue weighted by atomic mass is 35.5. The topological polar surface area (TPSA) is 125 Å². The number of benzene rings is 2. The molecule has 0 fully saturated rings. The van der Waals surface area contributed by atoms with Gasteiger partial charge in [0.1, 0.15) is 12.4 Å². The molecule has 0 saturated carbocycles. The average Bonchev–Trinajstić information content (AvgIpc) is 2.77. The Morgan fingerprint density at radius 2 is 1.68 bits per heavy atom. The van der Waals surface area contributed by atoms with Crippen LogP contribution in [0.1, 0.15) is 20.7 Å². The van der Waals surface area contributed by atoms with Crippen molar-refractivity contribution in [3.63, 3.8) is 0 Å². The molecule has 2 aromatic rings. The van der Waals surface area contributed by atoms with Crippen LogP contribution in [0.25, 0.3) is 0 Å². The lowest BCUT2D eigenvalue weighted by molar-refractivity contribution is -0.384. The predicted octanol–water partition coefficient (Wildman–Crippen LogP) is 2.73. The van der Waals surface area contributed by atoms with Crippen molar-refractivity contribution in [3.8, 4) is 5.75 Å². The van der Waals surface area contributed by atoms with Gasteiger partial charge < -0.3 is 19.1 Å². The summed E-state index contributed by atoms with van der Waals surface area (Å²) in [6, 6.07) is 9.73. The monoisotopic (exact) mass is 450 g/mol. The fourth-order valence-electron chi connectivity index (χ4n) is 2.35. The van der Waals surface area contributed by atoms with Gasteiger partial charge in [0.2, 0.25) is 0 Å². The fourth-order valence-corrected chi connectivity index (χ4v) is 2.47. The van der Waals surface area contributed by atoms with Gasteiger partial charge in [0.25, 0.3) is 11.6 Å². The number of carbonyl (C=O) groups excluding carboxylic acids is 3. The maximum atomic E-state index is 12.2. The van der Waals surface area contributed by atoms with Crippen LogP contribution < -0.4 is 4.74 Å². The van der Waals surface area contributed by atoms with Gasteiger partial charge >= 0.3 is 11.9 Å². The van der Waals surface area contributed by atoms with Crippen molar-refractivity contribution in [1.29, 1.82) is 0 Å². The molecule has 10 nitrogen and oxygen atoms in total. The van der Waals surface area contributed by atoms with E-state index in [1.165, 1.54) is 11.9 Å². The lowest BCUT2D eigenvalue weighted by Crippen LogP contribution is -2.34. The molecule has 0 aliphatic rings. The quantitative estimate of drug-likeness (QED) is 0.324. The summed E-state index contributed by atoms with van der Waals surface area (Å²) < 4.78 is 14.9. The number of esters is 2. The third-order valence-corrected chi connectivity index (χ3v) is 4.30. The number of hydrogen-bond acceptors (Lipinski definition) is 8. The molecule has 0 aliphatic heterocycles. The van der Waals surface area contributed by atoms with Gasteiger partial charge in [0.05, 0.1) is 29.7 Å². The van der Waals surface area contributed by atoms with Crippen LogP contribution in [0.4, 0.5) is 5.69 Å². The SMILES string of the molecule is COC(=O)c1cc(C(=O)OCC(=O)N(C)CCOc2ccc(Cl)cc2)cc([N+](=O)[O-])c1. The zero-order valence-electron chi connectivity index (χ0n) is 16.7. The van der Waals surface area contributed by atoms with E-state index in [2.05, 4.69) is 4.74 Å². The Morgan fingerprint density at radius 1 is 1.06 bits per heavy atom. The fraction of sp³-hybridized carbons (Fsp3) is 0.250. The zero-order chi connectivity index (χ0) is 23.0. The number of nitro groups is 1. The summed E-state index contributed by atoms with van der Waals surface area (Å²) in [6.07, 6.45) is 0. The van der Waals surface area contributed by atoms with E-state index in [-0.39, 0.29) is 24.3 Å². The standard InChI is InChI=1S/C20H19ClN2O8/c1-22(7-8-30-17-5-3-15(21)4-6-17)18(24)12-31-20(26)14-9-13(19(25)29-2)10-16(11-14)23(27)28/h3-6,9-11H,7-8,12H2,1-2H3. The minimum Gasteiger partial charge on any atom is -0.492 e. The number of likely N-dealkylation sites (N-methyl/N-ethyl adjacent to an activating group) is 1. The second kappa shape index (κ2) is 10.9. The Kier molecular flexibility index (Phi) is 8.33. The largest absolute Gasteiger partial charge is 0.492 e. The van der Waals surface area contributed by atoms with Gasteiger partial charge in [-0.2, -0.15) is 0 Å². The summed E-state index contributed by atoms with van der Waals surface area (Å²) >= 11 is 5.79. The van der Waals surface area contributed by atoms with Gasteiger partial charge in [-0.1, -0.05) is 11.6 Å². The maximum Gasteiger partial charge on any atom is 0.338 e. The van der Waals surface area contributed by atoms with Gasteiger partial charge in [0, 0.05) is 24.2 Å². The minimum atomic E-state index is -0.993. The van der Waals surface area contributed by atoms with Crippen molar-refractivity contribution in [1.82, 2.24) is 4.90 Å². The third kappa shape index (κ3) is 6.96. The first-order valence-corrected chi connectivity index (χ1v) is 9.26. The molecule has 0 unspecified atom stereocenters. The first-order chi connectivity index (χ1) is 14.7. The van der Waals surface area contributed by atoms with Crippen LogP contribution in [0.2, 0.25) is 5.02 Å².